The van der Waals surface area contributed by atoms with Crippen LogP contribution in [0.25, 0.3) is 0 Å². The second-order valence-corrected chi connectivity index (χ2v) is 10.3. The monoisotopic (exact) mass is 381 g/mol. The Kier molecular flexibility index (Phi) is 7.06. The summed E-state index contributed by atoms with van der Waals surface area (Å²) in [5.74, 6) is -0.0439. The zero-order chi connectivity index (χ0) is 19.2. The molecule has 1 fully saturated rings. The molecule has 1 heterocycles. The number of nitrogens with zero attached hydrogens (tertiary/aromatic N) is 1. The summed E-state index contributed by atoms with van der Waals surface area (Å²) in [6, 6.07) is 7.95. The van der Waals surface area contributed by atoms with Gasteiger partial charge >= 0.3 is 0 Å². The normalized spacial score (nSPS) is 15.3. The highest BCUT2D eigenvalue weighted by molar-refractivity contribution is 7.90. The summed E-state index contributed by atoms with van der Waals surface area (Å²) >= 11 is 0. The summed E-state index contributed by atoms with van der Waals surface area (Å²) in [6.07, 6.45) is 4.14. The van der Waals surface area contributed by atoms with Gasteiger partial charge in [-0.15, -0.1) is 0 Å². The molecule has 1 aliphatic rings. The number of hydrogen-bond donors (Lipinski definition) is 2. The minimum absolute atomic E-state index is 0.0439. The number of amides is 1. The maximum Gasteiger partial charge on any atom is 0.224 e. The van der Waals surface area contributed by atoms with Crippen LogP contribution in [-0.2, 0) is 14.8 Å². The number of unbranched alkanes of at least 4 members (excludes halogenated alkanes) is 1. The standard InChI is InChI=1S/C19H31N3O3S/c1-19(2,3)26(24,25)20-13-5-4-8-18(23)21-16-9-11-17(12-10-16)22-14-6-7-15-22/h9-12,20H,4-8,13-15H2,1-3H3,(H,21,23). The van der Waals surface area contributed by atoms with Crippen LogP contribution in [0.5, 0.6) is 0 Å². The zero-order valence-corrected chi connectivity index (χ0v) is 16.9. The zero-order valence-electron chi connectivity index (χ0n) is 16.0. The van der Waals surface area contributed by atoms with Gasteiger partial charge in [0.05, 0.1) is 4.75 Å². The van der Waals surface area contributed by atoms with Crippen LogP contribution < -0.4 is 14.9 Å². The van der Waals surface area contributed by atoms with Crippen molar-refractivity contribution in [1.29, 1.82) is 0 Å². The molecule has 0 aromatic heterocycles. The number of nitrogens with one attached hydrogen (secondary N) is 2. The Labute approximate surface area is 157 Å². The van der Waals surface area contributed by atoms with Crippen LogP contribution in [0.4, 0.5) is 11.4 Å². The van der Waals surface area contributed by atoms with Crippen LogP contribution >= 0.6 is 0 Å². The molecule has 1 aromatic rings. The number of carbonyl (C=O) groups is 1. The van der Waals surface area contributed by atoms with Crippen molar-refractivity contribution < 1.29 is 13.2 Å². The highest BCUT2D eigenvalue weighted by atomic mass is 32.2. The first-order valence-corrected chi connectivity index (χ1v) is 10.8. The lowest BCUT2D eigenvalue weighted by Crippen LogP contribution is -2.39. The Hall–Kier alpha value is -1.60. The molecule has 0 atom stereocenters. The van der Waals surface area contributed by atoms with E-state index in [4.69, 9.17) is 0 Å². The van der Waals surface area contributed by atoms with Crippen LogP contribution in [0.3, 0.4) is 0 Å². The topological polar surface area (TPSA) is 78.5 Å². The van der Waals surface area contributed by atoms with Crippen LogP contribution in [0, 0.1) is 0 Å². The molecule has 6 nitrogen and oxygen atoms in total. The second kappa shape index (κ2) is 8.86. The van der Waals surface area contributed by atoms with Gasteiger partial charge in [0.1, 0.15) is 0 Å². The van der Waals surface area contributed by atoms with Crippen molar-refractivity contribution in [3.8, 4) is 0 Å². The molecular formula is C19H31N3O3S. The van der Waals surface area contributed by atoms with Gasteiger partial charge in [0.25, 0.3) is 0 Å². The number of carbonyl (C=O) groups excluding carboxylic acids is 1. The van der Waals surface area contributed by atoms with E-state index in [9.17, 15) is 13.2 Å². The smallest absolute Gasteiger partial charge is 0.224 e. The first kappa shape index (κ1) is 20.7. The first-order chi connectivity index (χ1) is 12.2. The number of rotatable bonds is 8. The van der Waals surface area contributed by atoms with Gasteiger partial charge in [-0.2, -0.15) is 0 Å². The van der Waals surface area contributed by atoms with Gasteiger partial charge in [0.15, 0.2) is 0 Å². The molecule has 0 aliphatic carbocycles. The van der Waals surface area contributed by atoms with Crippen LogP contribution in [0.1, 0.15) is 52.9 Å². The van der Waals surface area contributed by atoms with Gasteiger partial charge in [0.2, 0.25) is 15.9 Å². The molecular weight excluding hydrogens is 350 g/mol. The molecule has 7 heteroatoms. The fourth-order valence-electron chi connectivity index (χ4n) is 2.79. The summed E-state index contributed by atoms with van der Waals surface area (Å²) in [5, 5.41) is 2.90. The Morgan fingerprint density at radius 1 is 1.08 bits per heavy atom. The Morgan fingerprint density at radius 2 is 1.69 bits per heavy atom. The maximum atomic E-state index is 12.0. The van der Waals surface area contributed by atoms with Gasteiger partial charge in [-0.1, -0.05) is 0 Å². The van der Waals surface area contributed by atoms with E-state index in [1.165, 1.54) is 18.5 Å². The Bertz CT molecular complexity index is 688. The molecule has 1 aromatic carbocycles. The van der Waals surface area contributed by atoms with Gasteiger partial charge in [-0.25, -0.2) is 13.1 Å². The van der Waals surface area contributed by atoms with E-state index >= 15 is 0 Å². The van der Waals surface area contributed by atoms with Crippen LogP contribution in [0.15, 0.2) is 24.3 Å². The highest BCUT2D eigenvalue weighted by Crippen LogP contribution is 2.22. The van der Waals surface area contributed by atoms with E-state index in [0.29, 0.717) is 25.8 Å². The largest absolute Gasteiger partial charge is 0.372 e. The van der Waals surface area contributed by atoms with E-state index in [1.54, 1.807) is 20.8 Å². The van der Waals surface area contributed by atoms with Gasteiger partial charge < -0.3 is 10.2 Å². The molecule has 0 spiro atoms. The molecule has 2 rings (SSSR count). The van der Waals surface area contributed by atoms with Crippen LogP contribution in [0.2, 0.25) is 0 Å². The number of hydrogen-bond acceptors (Lipinski definition) is 4. The lowest BCUT2D eigenvalue weighted by atomic mass is 10.2. The first-order valence-electron chi connectivity index (χ1n) is 9.33. The SMILES string of the molecule is CC(C)(C)S(=O)(=O)NCCCCC(=O)Nc1ccc(N2CCCC2)cc1. The Balaban J connectivity index is 1.67. The van der Waals surface area contributed by atoms with E-state index in [0.717, 1.165) is 18.8 Å². The van der Waals surface area contributed by atoms with E-state index in [2.05, 4.69) is 14.9 Å². The predicted molar refractivity (Wildman–Crippen MR) is 107 cm³/mol. The summed E-state index contributed by atoms with van der Waals surface area (Å²) in [5.41, 5.74) is 2.00. The third-order valence-electron chi connectivity index (χ3n) is 4.55. The van der Waals surface area contributed by atoms with Crippen molar-refractivity contribution in [3.05, 3.63) is 24.3 Å². The van der Waals surface area contributed by atoms with Crippen LogP contribution in [-0.4, -0.2) is 38.7 Å². The molecule has 1 saturated heterocycles. The van der Waals surface area contributed by atoms with Crippen molar-refractivity contribution in [2.24, 2.45) is 0 Å². The third kappa shape index (κ3) is 5.99. The minimum atomic E-state index is -3.31. The van der Waals surface area contributed by atoms with Gasteiger partial charge in [-0.05, 0) is 70.7 Å². The average Bonchev–Trinajstić information content (AvgIpc) is 3.08. The van der Waals surface area contributed by atoms with E-state index in [-0.39, 0.29) is 5.91 Å². The van der Waals surface area contributed by atoms with E-state index in [1.807, 2.05) is 24.3 Å². The number of sulfonamides is 1. The molecule has 26 heavy (non-hydrogen) atoms. The molecule has 146 valence electrons. The Morgan fingerprint density at radius 3 is 2.27 bits per heavy atom. The third-order valence-corrected chi connectivity index (χ3v) is 6.75. The number of benzene rings is 1. The summed E-state index contributed by atoms with van der Waals surface area (Å²) in [7, 11) is -3.31. The molecule has 1 amide bonds. The second-order valence-electron chi connectivity index (χ2n) is 7.76. The molecule has 1 aliphatic heterocycles. The van der Waals surface area contributed by atoms with Crippen molar-refractivity contribution in [2.75, 3.05) is 29.9 Å². The highest BCUT2D eigenvalue weighted by Gasteiger charge is 2.27. The average molecular weight is 382 g/mol. The molecule has 2 N–H and O–H groups in total. The van der Waals surface area contributed by atoms with Crippen molar-refractivity contribution >= 4 is 27.3 Å². The number of anilines is 2. The van der Waals surface area contributed by atoms with Gasteiger partial charge in [-0.3, -0.25) is 4.79 Å². The van der Waals surface area contributed by atoms with Crippen molar-refractivity contribution in [1.82, 2.24) is 4.72 Å². The van der Waals surface area contributed by atoms with Crippen molar-refractivity contribution in [2.45, 2.75) is 57.6 Å². The molecule has 0 saturated carbocycles. The fraction of sp³-hybridized carbons (Fsp3) is 0.632. The fourth-order valence-corrected chi connectivity index (χ4v) is 3.63. The lowest BCUT2D eigenvalue weighted by Gasteiger charge is -2.19. The molecule has 0 radical (unpaired) electrons. The van der Waals surface area contributed by atoms with Crippen molar-refractivity contribution in [3.63, 3.8) is 0 Å². The maximum absolute atomic E-state index is 12.0. The quantitative estimate of drug-likeness (QED) is 0.678. The van der Waals surface area contributed by atoms with E-state index < -0.39 is 14.8 Å². The minimum Gasteiger partial charge on any atom is -0.372 e. The molecule has 0 bridgehead atoms. The lowest BCUT2D eigenvalue weighted by molar-refractivity contribution is -0.116. The summed E-state index contributed by atoms with van der Waals surface area (Å²) < 4.78 is 25.6. The summed E-state index contributed by atoms with van der Waals surface area (Å²) in [4.78, 5) is 14.4. The summed E-state index contributed by atoms with van der Waals surface area (Å²) in [6.45, 7) is 7.56. The predicted octanol–water partition coefficient (Wildman–Crippen LogP) is 3.11. The molecule has 0 unspecified atom stereocenters. The van der Waals surface area contributed by atoms with Gasteiger partial charge in [0, 0.05) is 37.4 Å².